The molecule has 2 atom stereocenters. The van der Waals surface area contributed by atoms with E-state index in [1.54, 1.807) is 13.3 Å². The highest BCUT2D eigenvalue weighted by Gasteiger charge is 2.12. The summed E-state index contributed by atoms with van der Waals surface area (Å²) in [5, 5.41) is 3.27. The van der Waals surface area contributed by atoms with Crippen LogP contribution in [0.1, 0.15) is 27.2 Å². The molecular weight excluding hydrogens is 270 g/mol. The molecule has 1 heterocycles. The topological polar surface area (TPSA) is 47.0 Å². The number of hydrogen-bond donors (Lipinski definition) is 1. The van der Waals surface area contributed by atoms with Crippen LogP contribution in [0.4, 0.5) is 5.95 Å². The van der Waals surface area contributed by atoms with Gasteiger partial charge < -0.3 is 10.1 Å². The lowest BCUT2D eigenvalue weighted by molar-refractivity contribution is 0.394. The van der Waals surface area contributed by atoms with E-state index in [1.165, 1.54) is 0 Å². The molecule has 0 bridgehead atoms. The highest BCUT2D eigenvalue weighted by molar-refractivity contribution is 9.10. The number of hydrogen-bond acceptors (Lipinski definition) is 4. The summed E-state index contributed by atoms with van der Waals surface area (Å²) in [6.45, 7) is 6.51. The lowest BCUT2D eigenvalue weighted by atomic mass is 10.0. The van der Waals surface area contributed by atoms with Crippen LogP contribution < -0.4 is 10.1 Å². The predicted octanol–water partition coefficient (Wildman–Crippen LogP) is 3.09. The van der Waals surface area contributed by atoms with Gasteiger partial charge in [-0.05, 0) is 28.8 Å². The molecule has 1 rings (SSSR count). The maximum atomic E-state index is 5.12. The summed E-state index contributed by atoms with van der Waals surface area (Å²) in [5.41, 5.74) is 0. The fraction of sp³-hybridized carbons (Fsp3) is 0.636. The number of methoxy groups -OCH3 is 1. The molecule has 16 heavy (non-hydrogen) atoms. The van der Waals surface area contributed by atoms with Gasteiger partial charge in [0.05, 0.1) is 17.8 Å². The van der Waals surface area contributed by atoms with Gasteiger partial charge in [-0.2, -0.15) is 4.98 Å². The second kappa shape index (κ2) is 6.03. The van der Waals surface area contributed by atoms with Crippen molar-refractivity contribution in [1.29, 1.82) is 0 Å². The van der Waals surface area contributed by atoms with E-state index >= 15 is 0 Å². The largest absolute Gasteiger partial charge is 0.480 e. The fourth-order valence-corrected chi connectivity index (χ4v) is 1.62. The Hall–Kier alpha value is -0.840. The summed E-state index contributed by atoms with van der Waals surface area (Å²) < 4.78 is 5.88. The molecule has 0 saturated carbocycles. The summed E-state index contributed by atoms with van der Waals surface area (Å²) in [7, 11) is 1.59. The fourth-order valence-electron chi connectivity index (χ4n) is 1.26. The minimum absolute atomic E-state index is 0.343. The zero-order valence-electron chi connectivity index (χ0n) is 10.1. The van der Waals surface area contributed by atoms with Gasteiger partial charge in [0.25, 0.3) is 0 Å². The van der Waals surface area contributed by atoms with Gasteiger partial charge >= 0.3 is 0 Å². The van der Waals surface area contributed by atoms with Crippen LogP contribution in [0.3, 0.4) is 0 Å². The molecule has 0 aromatic carbocycles. The molecule has 0 spiro atoms. The molecule has 0 aliphatic rings. The van der Waals surface area contributed by atoms with E-state index in [-0.39, 0.29) is 0 Å². The van der Waals surface area contributed by atoms with Gasteiger partial charge in [0.15, 0.2) is 0 Å². The Bertz CT molecular complexity index is 346. The summed E-state index contributed by atoms with van der Waals surface area (Å²) in [5.74, 6) is 1.74. The molecule has 2 unspecified atom stereocenters. The second-order valence-corrected chi connectivity index (χ2v) is 4.72. The summed E-state index contributed by atoms with van der Waals surface area (Å²) in [6.07, 6.45) is 2.82. The first-order valence-electron chi connectivity index (χ1n) is 5.41. The molecule has 0 aliphatic heterocycles. The number of anilines is 1. The lowest BCUT2D eigenvalue weighted by Gasteiger charge is -2.19. The quantitative estimate of drug-likeness (QED) is 0.904. The standard InChI is InChI=1S/C11H18BrN3O/c1-5-7(2)8(3)14-11-13-6-9(12)10(15-11)16-4/h6-8H,5H2,1-4H3,(H,13,14,15). The number of nitrogens with one attached hydrogen (secondary N) is 1. The molecule has 1 aromatic rings. The third-order valence-electron chi connectivity index (χ3n) is 2.76. The van der Waals surface area contributed by atoms with Gasteiger partial charge in [-0.3, -0.25) is 0 Å². The maximum absolute atomic E-state index is 5.12. The van der Waals surface area contributed by atoms with Crippen molar-refractivity contribution >= 4 is 21.9 Å². The van der Waals surface area contributed by atoms with Crippen molar-refractivity contribution in [2.45, 2.75) is 33.2 Å². The Morgan fingerprint density at radius 2 is 2.19 bits per heavy atom. The SMILES string of the molecule is CCC(C)C(C)Nc1ncc(Br)c(OC)n1. The van der Waals surface area contributed by atoms with Crippen LogP contribution in [-0.4, -0.2) is 23.1 Å². The van der Waals surface area contributed by atoms with Crippen molar-refractivity contribution in [2.75, 3.05) is 12.4 Å². The van der Waals surface area contributed by atoms with Crippen molar-refractivity contribution in [2.24, 2.45) is 5.92 Å². The Kier molecular flexibility index (Phi) is 4.99. The lowest BCUT2D eigenvalue weighted by Crippen LogP contribution is -2.24. The Morgan fingerprint density at radius 1 is 1.50 bits per heavy atom. The highest BCUT2D eigenvalue weighted by Crippen LogP contribution is 2.22. The first kappa shape index (κ1) is 13.2. The third kappa shape index (κ3) is 3.33. The molecule has 4 nitrogen and oxygen atoms in total. The molecule has 0 saturated heterocycles. The van der Waals surface area contributed by atoms with Gasteiger partial charge in [-0.1, -0.05) is 20.3 Å². The van der Waals surface area contributed by atoms with Gasteiger partial charge in [-0.25, -0.2) is 4.98 Å². The monoisotopic (exact) mass is 287 g/mol. The second-order valence-electron chi connectivity index (χ2n) is 3.87. The predicted molar refractivity (Wildman–Crippen MR) is 68.8 cm³/mol. The Balaban J connectivity index is 2.74. The minimum atomic E-state index is 0.343. The number of rotatable bonds is 5. The minimum Gasteiger partial charge on any atom is -0.480 e. The maximum Gasteiger partial charge on any atom is 0.232 e. The Labute approximate surface area is 105 Å². The number of aromatic nitrogens is 2. The van der Waals surface area contributed by atoms with Crippen molar-refractivity contribution < 1.29 is 4.74 Å². The van der Waals surface area contributed by atoms with Crippen LogP contribution in [0.25, 0.3) is 0 Å². The van der Waals surface area contributed by atoms with E-state index in [2.05, 4.69) is 52.0 Å². The molecule has 0 amide bonds. The molecular formula is C11H18BrN3O. The zero-order valence-corrected chi connectivity index (χ0v) is 11.7. The first-order valence-corrected chi connectivity index (χ1v) is 6.20. The van der Waals surface area contributed by atoms with E-state index in [0.29, 0.717) is 23.8 Å². The molecule has 1 aromatic heterocycles. The van der Waals surface area contributed by atoms with Crippen LogP contribution in [0.5, 0.6) is 5.88 Å². The smallest absolute Gasteiger partial charge is 0.232 e. The van der Waals surface area contributed by atoms with Gasteiger partial charge in [0.1, 0.15) is 0 Å². The van der Waals surface area contributed by atoms with Crippen molar-refractivity contribution in [3.8, 4) is 5.88 Å². The van der Waals surface area contributed by atoms with Gasteiger partial charge in [0, 0.05) is 6.04 Å². The zero-order chi connectivity index (χ0) is 12.1. The molecule has 0 fully saturated rings. The molecule has 1 N–H and O–H groups in total. The number of halogens is 1. The molecule has 90 valence electrons. The molecule has 0 radical (unpaired) electrons. The van der Waals surface area contributed by atoms with Crippen molar-refractivity contribution in [1.82, 2.24) is 9.97 Å². The van der Waals surface area contributed by atoms with E-state index in [1.807, 2.05) is 0 Å². The molecule has 0 aliphatic carbocycles. The first-order chi connectivity index (χ1) is 7.58. The van der Waals surface area contributed by atoms with Crippen LogP contribution in [0, 0.1) is 5.92 Å². The highest BCUT2D eigenvalue weighted by atomic mass is 79.9. The van der Waals surface area contributed by atoms with E-state index in [4.69, 9.17) is 4.74 Å². The van der Waals surface area contributed by atoms with Gasteiger partial charge in [-0.15, -0.1) is 0 Å². The van der Waals surface area contributed by atoms with Crippen LogP contribution in [0.2, 0.25) is 0 Å². The average Bonchev–Trinajstić information content (AvgIpc) is 2.30. The van der Waals surface area contributed by atoms with Crippen molar-refractivity contribution in [3.63, 3.8) is 0 Å². The summed E-state index contributed by atoms with van der Waals surface area (Å²) >= 11 is 3.32. The van der Waals surface area contributed by atoms with Crippen LogP contribution in [0.15, 0.2) is 10.7 Å². The van der Waals surface area contributed by atoms with Gasteiger partial charge in [0.2, 0.25) is 11.8 Å². The van der Waals surface area contributed by atoms with Crippen molar-refractivity contribution in [3.05, 3.63) is 10.7 Å². The van der Waals surface area contributed by atoms with E-state index in [0.717, 1.165) is 10.9 Å². The third-order valence-corrected chi connectivity index (χ3v) is 3.30. The van der Waals surface area contributed by atoms with E-state index < -0.39 is 0 Å². The van der Waals surface area contributed by atoms with Crippen LogP contribution in [-0.2, 0) is 0 Å². The van der Waals surface area contributed by atoms with Crippen LogP contribution >= 0.6 is 15.9 Å². The van der Waals surface area contributed by atoms with E-state index in [9.17, 15) is 0 Å². The normalized spacial score (nSPS) is 14.3. The number of nitrogens with zero attached hydrogens (tertiary/aromatic N) is 2. The number of ether oxygens (including phenoxy) is 1. The Morgan fingerprint density at radius 3 is 2.75 bits per heavy atom. The summed E-state index contributed by atoms with van der Waals surface area (Å²) in [6, 6.07) is 0.343. The molecule has 5 heteroatoms. The summed E-state index contributed by atoms with van der Waals surface area (Å²) in [4.78, 5) is 8.45. The average molecular weight is 288 g/mol.